The van der Waals surface area contributed by atoms with Crippen molar-refractivity contribution in [3.63, 3.8) is 0 Å². The van der Waals surface area contributed by atoms with E-state index in [4.69, 9.17) is 0 Å². The van der Waals surface area contributed by atoms with Crippen LogP contribution in [0.25, 0.3) is 105 Å². The van der Waals surface area contributed by atoms with Crippen molar-refractivity contribution in [3.05, 3.63) is 243 Å². The summed E-state index contributed by atoms with van der Waals surface area (Å²) in [5.41, 5.74) is 17.5. The normalized spacial score (nSPS) is 11.5. The maximum atomic E-state index is 2.40. The highest BCUT2D eigenvalue weighted by Gasteiger charge is 2.19. The van der Waals surface area contributed by atoms with Crippen LogP contribution in [0, 0.1) is 0 Å². The molecule has 0 atom stereocenters. The van der Waals surface area contributed by atoms with Gasteiger partial charge in [-0.05, 0) is 88.0 Å². The van der Waals surface area contributed by atoms with Gasteiger partial charge in [0.05, 0.1) is 27.8 Å². The van der Waals surface area contributed by atoms with E-state index in [2.05, 4.69) is 257 Å². The molecule has 0 amide bonds. The number of rotatable bonds is 7. The molecule has 0 aliphatic heterocycles. The van der Waals surface area contributed by atoms with E-state index in [0.29, 0.717) is 0 Å². The first-order valence-corrected chi connectivity index (χ1v) is 21.2. The van der Waals surface area contributed by atoms with E-state index < -0.39 is 0 Å². The number of hydrogen-bond acceptors (Lipinski definition) is 0. The van der Waals surface area contributed by atoms with Gasteiger partial charge in [0, 0.05) is 50.5 Å². The van der Waals surface area contributed by atoms with Gasteiger partial charge in [-0.1, -0.05) is 164 Å². The molecular weight excluding hydrogens is 751 g/mol. The van der Waals surface area contributed by atoms with Crippen LogP contribution in [-0.4, -0.2) is 9.13 Å². The van der Waals surface area contributed by atoms with Crippen molar-refractivity contribution in [2.45, 2.75) is 0 Å². The third kappa shape index (κ3) is 6.10. The van der Waals surface area contributed by atoms with E-state index in [9.17, 15) is 0 Å². The van der Waals surface area contributed by atoms with Gasteiger partial charge in [-0.15, -0.1) is 0 Å². The molecule has 0 unspecified atom stereocenters. The van der Waals surface area contributed by atoms with Crippen LogP contribution in [0.1, 0.15) is 0 Å². The fourth-order valence-electron chi connectivity index (χ4n) is 9.43. The fourth-order valence-corrected chi connectivity index (χ4v) is 9.43. The zero-order valence-electron chi connectivity index (χ0n) is 33.9. The van der Waals surface area contributed by atoms with Crippen molar-refractivity contribution >= 4 is 43.6 Å². The zero-order chi connectivity index (χ0) is 41.0. The molecule has 3 heteroatoms. The van der Waals surface area contributed by atoms with E-state index in [0.717, 1.165) is 39.3 Å². The first kappa shape index (κ1) is 35.7. The first-order chi connectivity index (χ1) is 30.7. The molecule has 0 aliphatic carbocycles. The van der Waals surface area contributed by atoms with Gasteiger partial charge in [0.15, 0.2) is 12.4 Å². The smallest absolute Gasteiger partial charge is 0.212 e. The molecule has 3 heterocycles. The Kier molecular flexibility index (Phi) is 8.50. The van der Waals surface area contributed by atoms with Crippen LogP contribution in [0.5, 0.6) is 0 Å². The van der Waals surface area contributed by atoms with Crippen LogP contribution >= 0.6 is 0 Å². The molecule has 0 aliphatic rings. The summed E-state index contributed by atoms with van der Waals surface area (Å²) in [5, 5.41) is 5.02. The number of aromatic nitrogens is 3. The quantitative estimate of drug-likeness (QED) is 0.143. The molecule has 12 rings (SSSR count). The van der Waals surface area contributed by atoms with Crippen molar-refractivity contribution in [2.75, 3.05) is 0 Å². The van der Waals surface area contributed by atoms with E-state index in [-0.39, 0.29) is 0 Å². The molecule has 9 aromatic carbocycles. The summed E-state index contributed by atoms with van der Waals surface area (Å²) in [6.45, 7) is 0. The van der Waals surface area contributed by atoms with Gasteiger partial charge >= 0.3 is 0 Å². The Morgan fingerprint density at radius 1 is 0.242 bits per heavy atom. The van der Waals surface area contributed by atoms with Crippen molar-refractivity contribution in [2.24, 2.45) is 0 Å². The number of hydrogen-bond donors (Lipinski definition) is 0. The third-order valence-electron chi connectivity index (χ3n) is 12.4. The monoisotopic (exact) mass is 790 g/mol. The van der Waals surface area contributed by atoms with E-state index in [1.54, 1.807) is 0 Å². The average molecular weight is 791 g/mol. The van der Waals surface area contributed by atoms with Gasteiger partial charge in [0.1, 0.15) is 0 Å². The molecule has 12 aromatic rings. The Balaban J connectivity index is 1.00. The Hall–Kier alpha value is -8.27. The maximum Gasteiger partial charge on any atom is 0.212 e. The summed E-state index contributed by atoms with van der Waals surface area (Å²) in [6, 6.07) is 83.5. The van der Waals surface area contributed by atoms with Crippen LogP contribution in [0.3, 0.4) is 0 Å². The molecule has 0 fully saturated rings. The second-order valence-corrected chi connectivity index (χ2v) is 16.1. The number of pyridine rings is 1. The van der Waals surface area contributed by atoms with Gasteiger partial charge in [-0.2, -0.15) is 4.57 Å². The first-order valence-electron chi connectivity index (χ1n) is 21.2. The predicted molar refractivity (Wildman–Crippen MR) is 258 cm³/mol. The predicted octanol–water partition coefficient (Wildman–Crippen LogP) is 14.8. The largest absolute Gasteiger partial charge is 0.309 e. The summed E-state index contributed by atoms with van der Waals surface area (Å²) in [7, 11) is 0. The molecular formula is C59H40N3+. The van der Waals surface area contributed by atoms with Gasteiger partial charge in [0.25, 0.3) is 0 Å². The average Bonchev–Trinajstić information content (AvgIpc) is 3.87. The van der Waals surface area contributed by atoms with Crippen molar-refractivity contribution in [3.8, 4) is 61.6 Å². The third-order valence-corrected chi connectivity index (χ3v) is 12.4. The lowest BCUT2D eigenvalue weighted by Gasteiger charge is -2.12. The Morgan fingerprint density at radius 3 is 1.13 bits per heavy atom. The van der Waals surface area contributed by atoms with Gasteiger partial charge < -0.3 is 9.13 Å². The maximum absolute atomic E-state index is 2.40. The second-order valence-electron chi connectivity index (χ2n) is 16.1. The minimum Gasteiger partial charge on any atom is -0.309 e. The van der Waals surface area contributed by atoms with E-state index in [1.165, 1.54) is 65.9 Å². The minimum atomic E-state index is 1.08. The highest BCUT2D eigenvalue weighted by Crippen LogP contribution is 2.36. The summed E-state index contributed by atoms with van der Waals surface area (Å²) in [4.78, 5) is 0. The van der Waals surface area contributed by atoms with Crippen molar-refractivity contribution in [1.29, 1.82) is 0 Å². The van der Waals surface area contributed by atoms with Gasteiger partial charge in [-0.3, -0.25) is 0 Å². The van der Waals surface area contributed by atoms with Crippen LogP contribution < -0.4 is 4.57 Å². The molecule has 0 saturated carbocycles. The SMILES string of the molecule is c1ccc(-c2cccc(-c3ccc(-c4cc(-c5cccc(-n6c7ccccc7c7ccccc76)c5)c[n+](-c5cccc(-n6c7ccccc7c7ccccc76)c5)c4)cc3)c2)cc1. The van der Waals surface area contributed by atoms with Crippen LogP contribution in [0.15, 0.2) is 243 Å². The molecule has 0 spiro atoms. The Morgan fingerprint density at radius 2 is 0.597 bits per heavy atom. The Labute approximate surface area is 360 Å². The summed E-state index contributed by atoms with van der Waals surface area (Å²) >= 11 is 0. The number of nitrogens with zero attached hydrogens (tertiary/aromatic N) is 3. The summed E-state index contributed by atoms with van der Waals surface area (Å²) < 4.78 is 7.08. The molecule has 0 radical (unpaired) electrons. The summed E-state index contributed by atoms with van der Waals surface area (Å²) in [5.74, 6) is 0. The van der Waals surface area contributed by atoms with Crippen LogP contribution in [0.2, 0.25) is 0 Å². The second kappa shape index (κ2) is 14.8. The van der Waals surface area contributed by atoms with Crippen LogP contribution in [-0.2, 0) is 0 Å². The van der Waals surface area contributed by atoms with Gasteiger partial charge in [-0.25, -0.2) is 0 Å². The molecule has 0 saturated heterocycles. The Bertz CT molecular complexity index is 3350. The van der Waals surface area contributed by atoms with E-state index >= 15 is 0 Å². The lowest BCUT2D eigenvalue weighted by Crippen LogP contribution is -2.30. The number of fused-ring (bicyclic) bond motifs is 6. The van der Waals surface area contributed by atoms with Crippen molar-refractivity contribution in [1.82, 2.24) is 9.13 Å². The lowest BCUT2D eigenvalue weighted by atomic mass is 9.96. The molecule has 3 aromatic heterocycles. The summed E-state index contributed by atoms with van der Waals surface area (Å²) in [6.07, 6.45) is 4.55. The molecule has 3 nitrogen and oxygen atoms in total. The number of para-hydroxylation sites is 4. The zero-order valence-corrected chi connectivity index (χ0v) is 33.9. The lowest BCUT2D eigenvalue weighted by molar-refractivity contribution is -0.594. The molecule has 290 valence electrons. The fraction of sp³-hybridized carbons (Fsp3) is 0. The number of benzene rings is 9. The van der Waals surface area contributed by atoms with Gasteiger partial charge in [0.2, 0.25) is 5.69 Å². The minimum absolute atomic E-state index is 1.08. The molecule has 0 N–H and O–H groups in total. The highest BCUT2D eigenvalue weighted by atomic mass is 15.0. The topological polar surface area (TPSA) is 13.7 Å². The molecule has 62 heavy (non-hydrogen) atoms. The standard InChI is InChI=1S/C59H40N3/c1-2-15-41(16-3-1)44-17-12-18-45(35-44)42-31-33-43(34-32-42)47-36-48(46-19-13-21-50(37-46)61-56-27-8-4-23-52(56)53-24-5-9-28-57(53)61)40-60(39-47)49-20-14-22-51(38-49)62-58-29-10-6-25-54(58)55-26-7-11-30-59(55)62/h1-40H/q+1. The van der Waals surface area contributed by atoms with Crippen molar-refractivity contribution < 1.29 is 4.57 Å². The highest BCUT2D eigenvalue weighted by molar-refractivity contribution is 6.10. The molecule has 0 bridgehead atoms. The van der Waals surface area contributed by atoms with E-state index in [1.807, 2.05) is 0 Å². The van der Waals surface area contributed by atoms with Crippen LogP contribution in [0.4, 0.5) is 0 Å².